The number of benzene rings is 2. The van der Waals surface area contributed by atoms with E-state index >= 15 is 0 Å². The average Bonchev–Trinajstić information content (AvgIpc) is 3.30. The van der Waals surface area contributed by atoms with Crippen LogP contribution in [0.3, 0.4) is 0 Å². The van der Waals surface area contributed by atoms with Crippen LogP contribution in [0.25, 0.3) is 0 Å². The van der Waals surface area contributed by atoms with Crippen LogP contribution in [0, 0.1) is 5.82 Å². The van der Waals surface area contributed by atoms with Gasteiger partial charge in [0.05, 0.1) is 17.3 Å². The minimum Gasteiger partial charge on any atom is -0.459 e. The van der Waals surface area contributed by atoms with E-state index in [-0.39, 0.29) is 35.1 Å². The van der Waals surface area contributed by atoms with E-state index in [0.717, 1.165) is 0 Å². The molecule has 0 aliphatic rings. The van der Waals surface area contributed by atoms with Gasteiger partial charge in [-0.2, -0.15) is 0 Å². The third-order valence-electron chi connectivity index (χ3n) is 4.12. The molecule has 0 radical (unpaired) electrons. The molecule has 3 amide bonds. The number of anilines is 3. The summed E-state index contributed by atoms with van der Waals surface area (Å²) in [6.45, 7) is 1.70. The molecule has 0 saturated carbocycles. The molecule has 7 nitrogen and oxygen atoms in total. The Balaban J connectivity index is 1.44. The molecule has 0 bridgehead atoms. The Morgan fingerprint density at radius 3 is 2.10 bits per heavy atom. The molecule has 0 aliphatic heterocycles. The van der Waals surface area contributed by atoms with Gasteiger partial charge >= 0.3 is 0 Å². The van der Waals surface area contributed by atoms with Crippen molar-refractivity contribution in [3.63, 3.8) is 0 Å². The Bertz CT molecular complexity index is 1040. The zero-order valence-electron chi connectivity index (χ0n) is 16.6. The lowest BCUT2D eigenvalue weighted by atomic mass is 10.2. The molecule has 31 heavy (non-hydrogen) atoms. The summed E-state index contributed by atoms with van der Waals surface area (Å²) in [5.41, 5.74) is 1.60. The lowest BCUT2D eigenvalue weighted by Gasteiger charge is -2.12. The zero-order chi connectivity index (χ0) is 22.2. The van der Waals surface area contributed by atoms with E-state index in [1.54, 1.807) is 43.3 Å². The van der Waals surface area contributed by atoms with Gasteiger partial charge in [0.15, 0.2) is 5.76 Å². The van der Waals surface area contributed by atoms with Crippen LogP contribution in [0.2, 0.25) is 0 Å². The predicted octanol–water partition coefficient (Wildman–Crippen LogP) is 4.37. The minimum atomic E-state index is -0.475. The molecule has 1 atom stereocenters. The molecule has 1 unspecified atom stereocenters. The standard InChI is InChI=1S/C22H20FN3O4S/c1-14(31-13-20(27)24-16-6-4-15(23)5-7-16)21(28)25-17-8-10-18(11-9-17)26-22(29)19-3-2-12-30-19/h2-12,14H,13H2,1H3,(H,24,27)(H,25,28)(H,26,29). The van der Waals surface area contributed by atoms with Gasteiger partial charge in [-0.25, -0.2) is 4.39 Å². The SMILES string of the molecule is CC(SCC(=O)Nc1ccc(F)cc1)C(=O)Nc1ccc(NC(=O)c2ccco2)cc1. The topological polar surface area (TPSA) is 100 Å². The first-order valence-electron chi connectivity index (χ1n) is 9.33. The number of furan rings is 1. The summed E-state index contributed by atoms with van der Waals surface area (Å²) in [6, 6.07) is 15.3. The van der Waals surface area contributed by atoms with Gasteiger partial charge in [-0.15, -0.1) is 11.8 Å². The molecule has 2 aromatic carbocycles. The van der Waals surface area contributed by atoms with Crippen LogP contribution in [-0.2, 0) is 9.59 Å². The number of thioether (sulfide) groups is 1. The third-order valence-corrected chi connectivity index (χ3v) is 5.26. The van der Waals surface area contributed by atoms with Crippen LogP contribution in [0.15, 0.2) is 71.3 Å². The number of carbonyl (C=O) groups is 3. The summed E-state index contributed by atoms with van der Waals surface area (Å²) >= 11 is 1.18. The van der Waals surface area contributed by atoms with Crippen LogP contribution < -0.4 is 16.0 Å². The number of rotatable bonds is 8. The normalized spacial score (nSPS) is 11.4. The second-order valence-corrected chi connectivity index (χ2v) is 7.84. The van der Waals surface area contributed by atoms with Gasteiger partial charge < -0.3 is 20.4 Å². The first-order chi connectivity index (χ1) is 14.9. The number of nitrogens with one attached hydrogen (secondary N) is 3. The highest BCUT2D eigenvalue weighted by molar-refractivity contribution is 8.01. The summed E-state index contributed by atoms with van der Waals surface area (Å²) < 4.78 is 17.9. The summed E-state index contributed by atoms with van der Waals surface area (Å²) in [5.74, 6) is -1.02. The van der Waals surface area contributed by atoms with E-state index < -0.39 is 5.25 Å². The fourth-order valence-corrected chi connectivity index (χ4v) is 3.17. The number of halogens is 1. The summed E-state index contributed by atoms with van der Waals surface area (Å²) in [7, 11) is 0. The quantitative estimate of drug-likeness (QED) is 0.482. The second-order valence-electron chi connectivity index (χ2n) is 6.51. The van der Waals surface area contributed by atoms with Gasteiger partial charge in [0.2, 0.25) is 11.8 Å². The largest absolute Gasteiger partial charge is 0.459 e. The number of hydrogen-bond donors (Lipinski definition) is 3. The summed E-state index contributed by atoms with van der Waals surface area (Å²) in [4.78, 5) is 36.3. The van der Waals surface area contributed by atoms with E-state index in [1.807, 2.05) is 0 Å². The van der Waals surface area contributed by atoms with Crippen molar-refractivity contribution in [3.8, 4) is 0 Å². The van der Waals surface area contributed by atoms with Gasteiger partial charge in [-0.05, 0) is 67.6 Å². The second kappa shape index (κ2) is 10.4. The smallest absolute Gasteiger partial charge is 0.291 e. The highest BCUT2D eigenvalue weighted by atomic mass is 32.2. The number of amides is 3. The maximum atomic E-state index is 12.9. The van der Waals surface area contributed by atoms with Crippen molar-refractivity contribution < 1.29 is 23.2 Å². The molecular formula is C22H20FN3O4S. The molecule has 1 aromatic heterocycles. The maximum absolute atomic E-state index is 12.9. The monoisotopic (exact) mass is 441 g/mol. The van der Waals surface area contributed by atoms with Gasteiger partial charge in [0, 0.05) is 17.1 Å². The number of hydrogen-bond acceptors (Lipinski definition) is 5. The highest BCUT2D eigenvalue weighted by Gasteiger charge is 2.16. The van der Waals surface area contributed by atoms with E-state index in [0.29, 0.717) is 17.1 Å². The molecular weight excluding hydrogens is 421 g/mol. The first kappa shape index (κ1) is 22.1. The zero-order valence-corrected chi connectivity index (χ0v) is 17.4. The summed E-state index contributed by atoms with van der Waals surface area (Å²) in [5, 5.41) is 7.62. The molecule has 0 fully saturated rings. The Kier molecular flexibility index (Phi) is 7.45. The van der Waals surface area contributed by atoms with Crippen molar-refractivity contribution in [2.24, 2.45) is 0 Å². The molecule has 3 rings (SSSR count). The molecule has 1 heterocycles. The van der Waals surface area contributed by atoms with Crippen molar-refractivity contribution in [3.05, 3.63) is 78.5 Å². The predicted molar refractivity (Wildman–Crippen MR) is 119 cm³/mol. The Labute approximate surface area is 182 Å². The highest BCUT2D eigenvalue weighted by Crippen LogP contribution is 2.18. The van der Waals surface area contributed by atoms with Gasteiger partial charge in [-0.1, -0.05) is 0 Å². The first-order valence-corrected chi connectivity index (χ1v) is 10.4. The maximum Gasteiger partial charge on any atom is 0.291 e. The lowest BCUT2D eigenvalue weighted by molar-refractivity contribution is -0.115. The molecule has 0 aliphatic carbocycles. The van der Waals surface area contributed by atoms with Crippen LogP contribution >= 0.6 is 11.8 Å². The van der Waals surface area contributed by atoms with Gasteiger partial charge in [0.25, 0.3) is 5.91 Å². The molecule has 9 heteroatoms. The van der Waals surface area contributed by atoms with Crippen LogP contribution in [0.1, 0.15) is 17.5 Å². The molecule has 3 aromatic rings. The molecule has 0 spiro atoms. The fraction of sp³-hybridized carbons (Fsp3) is 0.136. The van der Waals surface area contributed by atoms with E-state index in [9.17, 15) is 18.8 Å². The molecule has 160 valence electrons. The Morgan fingerprint density at radius 2 is 1.48 bits per heavy atom. The van der Waals surface area contributed by atoms with E-state index in [2.05, 4.69) is 16.0 Å². The Hall–Kier alpha value is -3.59. The van der Waals surface area contributed by atoms with Crippen molar-refractivity contribution in [1.82, 2.24) is 0 Å². The fourth-order valence-electron chi connectivity index (χ4n) is 2.49. The van der Waals surface area contributed by atoms with Crippen molar-refractivity contribution in [2.75, 3.05) is 21.7 Å². The van der Waals surface area contributed by atoms with Crippen molar-refractivity contribution in [1.29, 1.82) is 0 Å². The lowest BCUT2D eigenvalue weighted by Crippen LogP contribution is -2.25. The Morgan fingerprint density at radius 1 is 0.903 bits per heavy atom. The van der Waals surface area contributed by atoms with Crippen LogP contribution in [0.5, 0.6) is 0 Å². The van der Waals surface area contributed by atoms with E-state index in [1.165, 1.54) is 42.3 Å². The van der Waals surface area contributed by atoms with Crippen molar-refractivity contribution >= 4 is 46.5 Å². The third kappa shape index (κ3) is 6.71. The van der Waals surface area contributed by atoms with Crippen LogP contribution in [0.4, 0.5) is 21.5 Å². The van der Waals surface area contributed by atoms with Gasteiger partial charge in [0.1, 0.15) is 5.82 Å². The minimum absolute atomic E-state index is 0.0731. The van der Waals surface area contributed by atoms with Gasteiger partial charge in [-0.3, -0.25) is 14.4 Å². The van der Waals surface area contributed by atoms with E-state index in [4.69, 9.17) is 4.42 Å². The van der Waals surface area contributed by atoms with Crippen LogP contribution in [-0.4, -0.2) is 28.7 Å². The molecule has 0 saturated heterocycles. The summed E-state index contributed by atoms with van der Waals surface area (Å²) in [6.07, 6.45) is 1.42. The average molecular weight is 441 g/mol. The molecule has 3 N–H and O–H groups in total. The number of carbonyl (C=O) groups excluding carboxylic acids is 3. The van der Waals surface area contributed by atoms with Crippen molar-refractivity contribution in [2.45, 2.75) is 12.2 Å².